The van der Waals surface area contributed by atoms with E-state index < -0.39 is 11.7 Å². The van der Waals surface area contributed by atoms with E-state index in [0.29, 0.717) is 17.9 Å². The number of nitrogens with zero attached hydrogens (tertiary/aromatic N) is 2. The van der Waals surface area contributed by atoms with Crippen molar-refractivity contribution in [2.75, 3.05) is 25.0 Å². The molecule has 0 N–H and O–H groups in total. The quantitative estimate of drug-likeness (QED) is 0.415. The molecule has 0 saturated carbocycles. The maximum Gasteiger partial charge on any atom is 0.416 e. The number of alkyl halides is 3. The monoisotopic (exact) mass is 472 g/mol. The van der Waals surface area contributed by atoms with Crippen molar-refractivity contribution in [3.63, 3.8) is 0 Å². The highest BCUT2D eigenvalue weighted by Crippen LogP contribution is 2.29. The minimum atomic E-state index is -4.34. The molecule has 3 aromatic rings. The molecule has 1 aliphatic rings. The lowest BCUT2D eigenvalue weighted by Crippen LogP contribution is -2.20. The summed E-state index contributed by atoms with van der Waals surface area (Å²) < 4.78 is 44.2. The standard InChI is InChI=1S/C26H23F3N2O.ClH/c1-31-17-16-30-23(22-7-3-4-8-24(22)31)15-12-20-6-2-5-9-25(20)32-18-19-10-13-21(14-11-19)26(27,28)29;/h2-15H,16-18H2,1H3;1H/b15-12+;. The van der Waals surface area contributed by atoms with Gasteiger partial charge in [0.05, 0.1) is 17.8 Å². The van der Waals surface area contributed by atoms with Crippen LogP contribution in [0.2, 0.25) is 0 Å². The minimum absolute atomic E-state index is 0. The molecule has 4 rings (SSSR count). The summed E-state index contributed by atoms with van der Waals surface area (Å²) in [6.45, 7) is 1.73. The number of rotatable bonds is 5. The molecule has 3 aromatic carbocycles. The van der Waals surface area contributed by atoms with Crippen molar-refractivity contribution in [3.8, 4) is 5.75 Å². The van der Waals surface area contributed by atoms with Crippen molar-refractivity contribution in [1.82, 2.24) is 0 Å². The van der Waals surface area contributed by atoms with Crippen LogP contribution < -0.4 is 9.64 Å². The lowest BCUT2D eigenvalue weighted by atomic mass is 10.1. The van der Waals surface area contributed by atoms with Gasteiger partial charge >= 0.3 is 6.18 Å². The molecule has 33 heavy (non-hydrogen) atoms. The molecule has 0 bridgehead atoms. The highest BCUT2D eigenvalue weighted by molar-refractivity contribution is 6.14. The number of benzene rings is 3. The lowest BCUT2D eigenvalue weighted by Gasteiger charge is -2.18. The molecule has 0 spiro atoms. The van der Waals surface area contributed by atoms with Crippen molar-refractivity contribution in [1.29, 1.82) is 0 Å². The van der Waals surface area contributed by atoms with E-state index in [1.54, 1.807) is 0 Å². The predicted molar refractivity (Wildman–Crippen MR) is 130 cm³/mol. The molecule has 3 nitrogen and oxygen atoms in total. The van der Waals surface area contributed by atoms with Gasteiger partial charge in [-0.25, -0.2) is 0 Å². The van der Waals surface area contributed by atoms with Gasteiger partial charge in [0.25, 0.3) is 0 Å². The van der Waals surface area contributed by atoms with Gasteiger partial charge in [0.15, 0.2) is 0 Å². The van der Waals surface area contributed by atoms with Crippen LogP contribution in [-0.4, -0.2) is 25.8 Å². The fraction of sp³-hybridized carbons (Fsp3) is 0.192. The normalized spacial score (nSPS) is 13.7. The van der Waals surface area contributed by atoms with E-state index in [2.05, 4.69) is 24.1 Å². The second-order valence-corrected chi connectivity index (χ2v) is 7.56. The Morgan fingerprint density at radius 3 is 2.39 bits per heavy atom. The van der Waals surface area contributed by atoms with Crippen molar-refractivity contribution >= 4 is 29.9 Å². The van der Waals surface area contributed by atoms with E-state index in [0.717, 1.165) is 41.2 Å². The SMILES string of the molecule is CN1CCN=C(/C=C/c2ccccc2OCc2ccc(C(F)(F)F)cc2)c2ccccc21.Cl. The Hall–Kier alpha value is -3.25. The summed E-state index contributed by atoms with van der Waals surface area (Å²) in [6.07, 6.45) is -0.397. The van der Waals surface area contributed by atoms with Crippen LogP contribution in [0.5, 0.6) is 5.75 Å². The van der Waals surface area contributed by atoms with Crippen LogP contribution in [0, 0.1) is 0 Å². The maximum atomic E-state index is 12.7. The average Bonchev–Trinajstić information content (AvgIpc) is 2.95. The van der Waals surface area contributed by atoms with E-state index >= 15 is 0 Å². The maximum absolute atomic E-state index is 12.7. The fourth-order valence-corrected chi connectivity index (χ4v) is 3.56. The Morgan fingerprint density at radius 1 is 0.939 bits per heavy atom. The first-order chi connectivity index (χ1) is 15.4. The Labute approximate surface area is 197 Å². The topological polar surface area (TPSA) is 24.8 Å². The summed E-state index contributed by atoms with van der Waals surface area (Å²) in [5.41, 5.74) is 3.99. The van der Waals surface area contributed by atoms with Crippen LogP contribution >= 0.6 is 12.4 Å². The molecule has 0 atom stereocenters. The van der Waals surface area contributed by atoms with E-state index in [9.17, 15) is 13.2 Å². The number of aliphatic imine (C=N–C) groups is 1. The summed E-state index contributed by atoms with van der Waals surface area (Å²) in [6, 6.07) is 20.8. The molecule has 172 valence electrons. The van der Waals surface area contributed by atoms with E-state index in [-0.39, 0.29) is 19.0 Å². The number of anilines is 1. The Bertz CT molecular complexity index is 1140. The first kappa shape index (κ1) is 24.4. The summed E-state index contributed by atoms with van der Waals surface area (Å²) in [7, 11) is 2.06. The van der Waals surface area contributed by atoms with Gasteiger partial charge in [0, 0.05) is 30.4 Å². The summed E-state index contributed by atoms with van der Waals surface area (Å²) in [4.78, 5) is 6.93. The molecule has 1 heterocycles. The van der Waals surface area contributed by atoms with Crippen LogP contribution in [-0.2, 0) is 12.8 Å². The van der Waals surface area contributed by atoms with Gasteiger partial charge < -0.3 is 9.64 Å². The highest BCUT2D eigenvalue weighted by atomic mass is 35.5. The Balaban J connectivity index is 0.00000306. The van der Waals surface area contributed by atoms with Crippen LogP contribution in [0.4, 0.5) is 18.9 Å². The zero-order chi connectivity index (χ0) is 22.6. The number of fused-ring (bicyclic) bond motifs is 1. The highest BCUT2D eigenvalue weighted by Gasteiger charge is 2.29. The van der Waals surface area contributed by atoms with Gasteiger partial charge in [0.2, 0.25) is 0 Å². The molecule has 0 unspecified atom stereocenters. The first-order valence-electron chi connectivity index (χ1n) is 10.3. The molecule has 0 amide bonds. The zero-order valence-electron chi connectivity index (χ0n) is 18.0. The van der Waals surface area contributed by atoms with Crippen molar-refractivity contribution in [2.45, 2.75) is 12.8 Å². The number of hydrogen-bond donors (Lipinski definition) is 0. The minimum Gasteiger partial charge on any atom is -0.488 e. The van der Waals surface area contributed by atoms with Crippen LogP contribution in [0.3, 0.4) is 0 Å². The molecule has 0 aliphatic carbocycles. The van der Waals surface area contributed by atoms with E-state index in [1.807, 2.05) is 48.6 Å². The van der Waals surface area contributed by atoms with Crippen molar-refractivity contribution in [2.24, 2.45) is 4.99 Å². The van der Waals surface area contributed by atoms with Crippen LogP contribution in [0.1, 0.15) is 22.3 Å². The van der Waals surface area contributed by atoms with Crippen molar-refractivity contribution in [3.05, 3.63) is 101 Å². The van der Waals surface area contributed by atoms with Crippen LogP contribution in [0.15, 0.2) is 83.9 Å². The fourth-order valence-electron chi connectivity index (χ4n) is 3.56. The zero-order valence-corrected chi connectivity index (χ0v) is 18.9. The average molecular weight is 473 g/mol. The number of para-hydroxylation sites is 2. The molecule has 0 saturated heterocycles. The molecule has 1 aliphatic heterocycles. The van der Waals surface area contributed by atoms with Gasteiger partial charge in [-0.3, -0.25) is 4.99 Å². The van der Waals surface area contributed by atoms with Gasteiger partial charge in [-0.15, -0.1) is 12.4 Å². The van der Waals surface area contributed by atoms with Gasteiger partial charge in [-0.1, -0.05) is 48.5 Å². The third kappa shape index (κ3) is 5.96. The molecule has 0 radical (unpaired) electrons. The summed E-state index contributed by atoms with van der Waals surface area (Å²) >= 11 is 0. The summed E-state index contributed by atoms with van der Waals surface area (Å²) in [5.74, 6) is 0.656. The molecule has 0 aromatic heterocycles. The molecule has 7 heteroatoms. The van der Waals surface area contributed by atoms with E-state index in [1.165, 1.54) is 12.1 Å². The van der Waals surface area contributed by atoms with Crippen LogP contribution in [0.25, 0.3) is 6.08 Å². The molecule has 0 fully saturated rings. The number of hydrogen-bond acceptors (Lipinski definition) is 3. The number of benzodiazepines with no additional fused rings is 1. The molecular formula is C26H24ClF3N2O. The third-order valence-corrected chi connectivity index (χ3v) is 5.32. The van der Waals surface area contributed by atoms with Gasteiger partial charge in [-0.2, -0.15) is 13.2 Å². The second kappa shape index (κ2) is 10.6. The Morgan fingerprint density at radius 2 is 1.64 bits per heavy atom. The Kier molecular flexibility index (Phi) is 7.82. The van der Waals surface area contributed by atoms with E-state index in [4.69, 9.17) is 9.73 Å². The number of ether oxygens (including phenoxy) is 1. The van der Waals surface area contributed by atoms with Gasteiger partial charge in [-0.05, 0) is 42.0 Å². The predicted octanol–water partition coefficient (Wildman–Crippen LogP) is 6.66. The second-order valence-electron chi connectivity index (χ2n) is 7.56. The number of likely N-dealkylation sites (N-methyl/N-ethyl adjacent to an activating group) is 1. The largest absolute Gasteiger partial charge is 0.488 e. The summed E-state index contributed by atoms with van der Waals surface area (Å²) in [5, 5.41) is 0. The van der Waals surface area contributed by atoms with Crippen molar-refractivity contribution < 1.29 is 17.9 Å². The number of halogens is 4. The lowest BCUT2D eigenvalue weighted by molar-refractivity contribution is -0.137. The number of allylic oxidation sites excluding steroid dienone is 1. The third-order valence-electron chi connectivity index (χ3n) is 5.32. The van der Waals surface area contributed by atoms with Gasteiger partial charge in [0.1, 0.15) is 12.4 Å². The smallest absolute Gasteiger partial charge is 0.416 e. The first-order valence-corrected chi connectivity index (χ1v) is 10.3. The molecular weight excluding hydrogens is 449 g/mol.